The lowest BCUT2D eigenvalue weighted by atomic mass is 9.97. The quantitative estimate of drug-likeness (QED) is 0.610. The number of aryl methyl sites for hydroxylation is 2. The number of likely N-dealkylation sites (tertiary alicyclic amines) is 1. The van der Waals surface area contributed by atoms with Gasteiger partial charge in [-0.2, -0.15) is 4.31 Å². The molecule has 186 valence electrons. The Morgan fingerprint density at radius 3 is 2.35 bits per heavy atom. The van der Waals surface area contributed by atoms with Crippen LogP contribution in [0.1, 0.15) is 43.1 Å². The molecule has 1 aromatic heterocycles. The predicted octanol–water partition coefficient (Wildman–Crippen LogP) is 2.09. The van der Waals surface area contributed by atoms with Crippen LogP contribution in [0.25, 0.3) is 0 Å². The highest BCUT2D eigenvalue weighted by atomic mass is 32.2. The highest BCUT2D eigenvalue weighted by molar-refractivity contribution is 7.89. The minimum atomic E-state index is -3.64. The molecule has 1 unspecified atom stereocenters. The second kappa shape index (κ2) is 10.5. The van der Waals surface area contributed by atoms with Gasteiger partial charge in [-0.25, -0.2) is 13.4 Å². The average Bonchev–Trinajstić information content (AvgIpc) is 3.50. The van der Waals surface area contributed by atoms with Crippen molar-refractivity contribution in [2.75, 3.05) is 39.8 Å². The smallest absolute Gasteiger partial charge is 0.262 e. The monoisotopic (exact) mass is 489 g/mol. The summed E-state index contributed by atoms with van der Waals surface area (Å²) in [6.07, 6.45) is 4.90. The summed E-state index contributed by atoms with van der Waals surface area (Å²) in [6.45, 7) is 5.01. The first-order valence-electron chi connectivity index (χ1n) is 12.0. The molecular formula is C24H35N5O4S. The number of aromatic nitrogens is 2. The Kier molecular flexibility index (Phi) is 7.59. The van der Waals surface area contributed by atoms with Crippen LogP contribution in [0, 0.1) is 12.8 Å². The van der Waals surface area contributed by atoms with Crippen molar-refractivity contribution in [1.29, 1.82) is 0 Å². The molecular weight excluding hydrogens is 454 g/mol. The number of piperidine rings is 1. The number of imidazole rings is 1. The van der Waals surface area contributed by atoms with Crippen molar-refractivity contribution in [3.05, 3.63) is 41.9 Å². The molecule has 0 bridgehead atoms. The zero-order valence-corrected chi connectivity index (χ0v) is 21.1. The van der Waals surface area contributed by atoms with Gasteiger partial charge in [-0.1, -0.05) is 12.1 Å². The lowest BCUT2D eigenvalue weighted by Gasteiger charge is -2.32. The molecule has 2 aliphatic heterocycles. The summed E-state index contributed by atoms with van der Waals surface area (Å²) < 4.78 is 34.3. The van der Waals surface area contributed by atoms with Gasteiger partial charge in [0.1, 0.15) is 11.6 Å². The van der Waals surface area contributed by atoms with Crippen molar-refractivity contribution in [3.63, 3.8) is 0 Å². The molecule has 0 radical (unpaired) electrons. The number of carbonyl (C=O) groups is 1. The zero-order valence-electron chi connectivity index (χ0n) is 20.2. The molecule has 9 nitrogen and oxygen atoms in total. The SMILES string of the molecule is COc1ccc(C(CNC(=O)C2CCN(S(=O)(=O)c3cn(C)c(C)n3)CC2)N2CCCC2)cc1. The Morgan fingerprint density at radius 1 is 1.15 bits per heavy atom. The maximum Gasteiger partial charge on any atom is 0.262 e. The fraction of sp³-hybridized carbons (Fsp3) is 0.583. The van der Waals surface area contributed by atoms with Gasteiger partial charge in [0.05, 0.1) is 13.2 Å². The molecule has 3 heterocycles. The van der Waals surface area contributed by atoms with Gasteiger partial charge in [0.15, 0.2) is 5.03 Å². The fourth-order valence-electron chi connectivity index (χ4n) is 4.82. The summed E-state index contributed by atoms with van der Waals surface area (Å²) >= 11 is 0. The van der Waals surface area contributed by atoms with E-state index >= 15 is 0 Å². The van der Waals surface area contributed by atoms with Crippen LogP contribution in [0.4, 0.5) is 0 Å². The normalized spacial score (nSPS) is 19.3. The minimum absolute atomic E-state index is 0.00318. The Hall–Kier alpha value is -2.43. The number of methoxy groups -OCH3 is 1. The number of hydrogen-bond donors (Lipinski definition) is 1. The van der Waals surface area contributed by atoms with Crippen molar-refractivity contribution >= 4 is 15.9 Å². The van der Waals surface area contributed by atoms with Crippen LogP contribution in [0.3, 0.4) is 0 Å². The van der Waals surface area contributed by atoms with Crippen LogP contribution >= 0.6 is 0 Å². The van der Waals surface area contributed by atoms with Crippen molar-refractivity contribution < 1.29 is 17.9 Å². The fourth-order valence-corrected chi connectivity index (χ4v) is 6.31. The summed E-state index contributed by atoms with van der Waals surface area (Å²) in [5.41, 5.74) is 1.16. The molecule has 2 fully saturated rings. The van der Waals surface area contributed by atoms with E-state index in [9.17, 15) is 13.2 Å². The van der Waals surface area contributed by atoms with E-state index < -0.39 is 10.0 Å². The van der Waals surface area contributed by atoms with Gasteiger partial charge in [0, 0.05) is 38.8 Å². The molecule has 1 N–H and O–H groups in total. The third-order valence-corrected chi connectivity index (χ3v) is 8.84. The van der Waals surface area contributed by atoms with E-state index in [0.29, 0.717) is 38.3 Å². The first-order chi connectivity index (χ1) is 16.3. The lowest BCUT2D eigenvalue weighted by Crippen LogP contribution is -2.44. The Bertz CT molecular complexity index is 1070. The standard InChI is InChI=1S/C24H35N5O4S/c1-18-26-23(17-27(18)2)34(31,32)29-14-10-20(11-15-29)24(30)25-16-22(28-12-4-5-13-28)19-6-8-21(33-3)9-7-19/h6-9,17,20,22H,4-5,10-16H2,1-3H3,(H,25,30). The molecule has 34 heavy (non-hydrogen) atoms. The summed E-state index contributed by atoms with van der Waals surface area (Å²) in [7, 11) is -0.208. The average molecular weight is 490 g/mol. The molecule has 2 saturated heterocycles. The highest BCUT2D eigenvalue weighted by Crippen LogP contribution is 2.27. The van der Waals surface area contributed by atoms with E-state index in [0.717, 1.165) is 24.4 Å². The van der Waals surface area contributed by atoms with Crippen LogP contribution < -0.4 is 10.1 Å². The molecule has 1 amide bonds. The van der Waals surface area contributed by atoms with Gasteiger partial charge in [-0.05, 0) is 63.4 Å². The van der Waals surface area contributed by atoms with Crippen LogP contribution in [0.2, 0.25) is 0 Å². The molecule has 2 aliphatic rings. The summed E-state index contributed by atoms with van der Waals surface area (Å²) in [5.74, 6) is 1.28. The van der Waals surface area contributed by atoms with Crippen molar-refractivity contribution in [1.82, 2.24) is 24.1 Å². The van der Waals surface area contributed by atoms with E-state index in [4.69, 9.17) is 4.74 Å². The van der Waals surface area contributed by atoms with Crippen LogP contribution in [0.5, 0.6) is 5.75 Å². The molecule has 0 aliphatic carbocycles. The third kappa shape index (κ3) is 5.29. The van der Waals surface area contributed by atoms with Gasteiger partial charge < -0.3 is 14.6 Å². The van der Waals surface area contributed by atoms with E-state index in [-0.39, 0.29) is 22.9 Å². The van der Waals surface area contributed by atoms with E-state index in [1.54, 1.807) is 31.8 Å². The second-order valence-corrected chi connectivity index (χ2v) is 11.1. The van der Waals surface area contributed by atoms with Gasteiger partial charge in [-0.3, -0.25) is 9.69 Å². The number of amides is 1. The molecule has 2 aromatic rings. The second-order valence-electron chi connectivity index (χ2n) is 9.19. The largest absolute Gasteiger partial charge is 0.497 e. The molecule has 1 atom stereocenters. The lowest BCUT2D eigenvalue weighted by molar-refractivity contribution is -0.126. The number of nitrogens with one attached hydrogen (secondary N) is 1. The molecule has 1 aromatic carbocycles. The Balaban J connectivity index is 1.35. The maximum atomic E-state index is 13.0. The van der Waals surface area contributed by atoms with Crippen molar-refractivity contribution in [2.24, 2.45) is 13.0 Å². The Labute approximate surface area is 202 Å². The number of nitrogens with zero attached hydrogens (tertiary/aromatic N) is 4. The zero-order chi connectivity index (χ0) is 24.3. The van der Waals surface area contributed by atoms with E-state index in [2.05, 4.69) is 27.3 Å². The van der Waals surface area contributed by atoms with Crippen molar-refractivity contribution in [3.8, 4) is 5.75 Å². The molecule has 0 spiro atoms. The summed E-state index contributed by atoms with van der Waals surface area (Å²) in [4.78, 5) is 19.6. The number of benzene rings is 1. The van der Waals surface area contributed by atoms with Crippen molar-refractivity contribution in [2.45, 2.75) is 43.7 Å². The number of sulfonamides is 1. The highest BCUT2D eigenvalue weighted by Gasteiger charge is 2.34. The molecule has 10 heteroatoms. The molecule has 0 saturated carbocycles. The topological polar surface area (TPSA) is 96.8 Å². The van der Waals surface area contributed by atoms with Gasteiger partial charge in [0.25, 0.3) is 10.0 Å². The first kappa shape index (κ1) is 24.7. The third-order valence-electron chi connectivity index (χ3n) is 7.07. The number of hydrogen-bond acceptors (Lipinski definition) is 6. The van der Waals surface area contributed by atoms with Crippen LogP contribution in [-0.2, 0) is 21.9 Å². The summed E-state index contributed by atoms with van der Waals surface area (Å²) in [5, 5.41) is 3.23. The van der Waals surface area contributed by atoms with Crippen LogP contribution in [-0.4, -0.2) is 72.9 Å². The maximum absolute atomic E-state index is 13.0. The molecule has 4 rings (SSSR count). The predicted molar refractivity (Wildman–Crippen MR) is 129 cm³/mol. The number of rotatable bonds is 8. The number of carbonyl (C=O) groups excluding carboxylic acids is 1. The van der Waals surface area contributed by atoms with E-state index in [1.165, 1.54) is 17.1 Å². The Morgan fingerprint density at radius 2 is 1.79 bits per heavy atom. The summed E-state index contributed by atoms with van der Waals surface area (Å²) in [6, 6.07) is 8.16. The number of ether oxygens (including phenoxy) is 1. The first-order valence-corrected chi connectivity index (χ1v) is 13.4. The van der Waals surface area contributed by atoms with Gasteiger partial charge in [0.2, 0.25) is 5.91 Å². The van der Waals surface area contributed by atoms with Crippen LogP contribution in [0.15, 0.2) is 35.5 Å². The van der Waals surface area contributed by atoms with E-state index in [1.807, 2.05) is 12.1 Å². The van der Waals surface area contributed by atoms with Gasteiger partial charge in [-0.15, -0.1) is 0 Å². The minimum Gasteiger partial charge on any atom is -0.497 e. The van der Waals surface area contributed by atoms with Gasteiger partial charge >= 0.3 is 0 Å².